The number of unbranched alkanes of at least 4 members (excludes halogenated alkanes) is 1. The quantitative estimate of drug-likeness (QED) is 0.408. The van der Waals surface area contributed by atoms with Gasteiger partial charge in [0.15, 0.2) is 17.5 Å². The first kappa shape index (κ1) is 19.4. The van der Waals surface area contributed by atoms with Crippen LogP contribution in [0.25, 0.3) is 0 Å². The molecule has 0 fully saturated rings. The summed E-state index contributed by atoms with van der Waals surface area (Å²) >= 11 is 0. The minimum Gasteiger partial charge on any atom is -0.454 e. The molecule has 0 spiro atoms. The van der Waals surface area contributed by atoms with Gasteiger partial charge in [0.1, 0.15) is 0 Å². The third-order valence-corrected chi connectivity index (χ3v) is 4.31. The Hall–Kier alpha value is -1.95. The number of fused-ring (bicyclic) bond motifs is 1. The highest BCUT2D eigenvalue weighted by Gasteiger charge is 2.12. The van der Waals surface area contributed by atoms with Gasteiger partial charge in [0, 0.05) is 19.1 Å². The summed E-state index contributed by atoms with van der Waals surface area (Å²) in [4.78, 5) is 7.03. The SMILES string of the molecule is CCNC(=NCc1ccc2c(c1)OCO2)NCCCCN(C)C(C)C. The average Bonchev–Trinajstić information content (AvgIpc) is 3.06. The van der Waals surface area contributed by atoms with Crippen LogP contribution in [0.1, 0.15) is 39.2 Å². The molecule has 140 valence electrons. The molecule has 6 heteroatoms. The van der Waals surface area contributed by atoms with Crippen molar-refractivity contribution in [1.29, 1.82) is 0 Å². The maximum Gasteiger partial charge on any atom is 0.231 e. The second-order valence-corrected chi connectivity index (χ2v) is 6.59. The fourth-order valence-electron chi connectivity index (χ4n) is 2.50. The van der Waals surface area contributed by atoms with Gasteiger partial charge in [-0.05, 0) is 64.9 Å². The van der Waals surface area contributed by atoms with Crippen LogP contribution in [0.3, 0.4) is 0 Å². The summed E-state index contributed by atoms with van der Waals surface area (Å²) in [6, 6.07) is 6.58. The van der Waals surface area contributed by atoms with Crippen molar-refractivity contribution in [2.75, 3.05) is 33.5 Å². The molecular weight excluding hydrogens is 316 g/mol. The Morgan fingerprint density at radius 3 is 2.76 bits per heavy atom. The Balaban J connectivity index is 1.76. The van der Waals surface area contributed by atoms with Crippen LogP contribution in [0.5, 0.6) is 11.5 Å². The molecule has 2 rings (SSSR count). The number of hydrogen-bond acceptors (Lipinski definition) is 4. The van der Waals surface area contributed by atoms with Gasteiger partial charge in [0.25, 0.3) is 0 Å². The summed E-state index contributed by atoms with van der Waals surface area (Å²) in [6.45, 7) is 10.4. The minimum absolute atomic E-state index is 0.304. The lowest BCUT2D eigenvalue weighted by atomic mass is 10.2. The van der Waals surface area contributed by atoms with Crippen molar-refractivity contribution in [2.24, 2.45) is 4.99 Å². The topological polar surface area (TPSA) is 58.1 Å². The number of hydrogen-bond donors (Lipinski definition) is 2. The fourth-order valence-corrected chi connectivity index (χ4v) is 2.50. The highest BCUT2D eigenvalue weighted by atomic mass is 16.7. The molecule has 0 aromatic heterocycles. The zero-order valence-corrected chi connectivity index (χ0v) is 16.0. The van der Waals surface area contributed by atoms with Gasteiger partial charge in [-0.15, -0.1) is 0 Å². The molecule has 1 aliphatic rings. The molecule has 0 unspecified atom stereocenters. The van der Waals surface area contributed by atoms with Crippen LogP contribution in [-0.4, -0.2) is 50.4 Å². The number of guanidine groups is 1. The number of rotatable bonds is 9. The van der Waals surface area contributed by atoms with E-state index in [4.69, 9.17) is 9.47 Å². The minimum atomic E-state index is 0.304. The third kappa shape index (κ3) is 6.46. The van der Waals surface area contributed by atoms with Crippen LogP contribution in [0.4, 0.5) is 0 Å². The summed E-state index contributed by atoms with van der Waals surface area (Å²) in [5.41, 5.74) is 1.11. The van der Waals surface area contributed by atoms with Crippen molar-refractivity contribution in [3.05, 3.63) is 23.8 Å². The predicted molar refractivity (Wildman–Crippen MR) is 102 cm³/mol. The lowest BCUT2D eigenvalue weighted by Crippen LogP contribution is -2.38. The van der Waals surface area contributed by atoms with E-state index in [2.05, 4.69) is 48.3 Å². The van der Waals surface area contributed by atoms with Gasteiger partial charge in [-0.1, -0.05) is 6.07 Å². The van der Waals surface area contributed by atoms with Gasteiger partial charge in [0.2, 0.25) is 6.79 Å². The molecule has 6 nitrogen and oxygen atoms in total. The Morgan fingerprint density at radius 1 is 1.20 bits per heavy atom. The molecule has 0 atom stereocenters. The van der Waals surface area contributed by atoms with Crippen LogP contribution in [-0.2, 0) is 6.54 Å². The monoisotopic (exact) mass is 348 g/mol. The van der Waals surface area contributed by atoms with Crippen molar-refractivity contribution in [3.63, 3.8) is 0 Å². The van der Waals surface area contributed by atoms with Crippen LogP contribution in [0.2, 0.25) is 0 Å². The highest BCUT2D eigenvalue weighted by Crippen LogP contribution is 2.32. The molecule has 0 radical (unpaired) electrons. The smallest absolute Gasteiger partial charge is 0.231 e. The summed E-state index contributed by atoms with van der Waals surface area (Å²) < 4.78 is 10.8. The Morgan fingerprint density at radius 2 is 2.00 bits per heavy atom. The predicted octanol–water partition coefficient (Wildman–Crippen LogP) is 2.59. The van der Waals surface area contributed by atoms with Gasteiger partial charge in [-0.25, -0.2) is 4.99 Å². The van der Waals surface area contributed by atoms with E-state index >= 15 is 0 Å². The maximum absolute atomic E-state index is 5.42. The number of benzene rings is 1. The molecular formula is C19H32N4O2. The second-order valence-electron chi connectivity index (χ2n) is 6.59. The van der Waals surface area contributed by atoms with E-state index in [1.165, 1.54) is 6.42 Å². The molecule has 1 aromatic carbocycles. The number of aliphatic imine (C=N–C) groups is 1. The second kappa shape index (κ2) is 10.1. The Bertz CT molecular complexity index is 560. The van der Waals surface area contributed by atoms with Gasteiger partial charge in [0.05, 0.1) is 6.54 Å². The first-order chi connectivity index (χ1) is 12.1. The highest BCUT2D eigenvalue weighted by molar-refractivity contribution is 5.79. The van der Waals surface area contributed by atoms with Gasteiger partial charge in [-0.2, -0.15) is 0 Å². The van der Waals surface area contributed by atoms with Crippen molar-refractivity contribution in [3.8, 4) is 11.5 Å². The Kier molecular flexibility index (Phi) is 7.85. The third-order valence-electron chi connectivity index (χ3n) is 4.31. The number of ether oxygens (including phenoxy) is 2. The first-order valence-corrected chi connectivity index (χ1v) is 9.21. The molecule has 25 heavy (non-hydrogen) atoms. The molecule has 1 aromatic rings. The zero-order valence-electron chi connectivity index (χ0n) is 16.0. The molecule has 2 N–H and O–H groups in total. The average molecular weight is 348 g/mol. The summed E-state index contributed by atoms with van der Waals surface area (Å²) in [7, 11) is 2.18. The molecule has 1 aliphatic heterocycles. The van der Waals surface area contributed by atoms with E-state index in [1.54, 1.807) is 0 Å². The number of nitrogens with one attached hydrogen (secondary N) is 2. The molecule has 0 amide bonds. The maximum atomic E-state index is 5.42. The van der Waals surface area contributed by atoms with Gasteiger partial charge < -0.3 is 25.0 Å². The normalized spacial score (nSPS) is 13.6. The summed E-state index contributed by atoms with van der Waals surface area (Å²) in [5, 5.41) is 6.71. The lowest BCUT2D eigenvalue weighted by molar-refractivity contribution is 0.174. The van der Waals surface area contributed by atoms with Crippen LogP contribution < -0.4 is 20.1 Å². The molecule has 0 saturated heterocycles. The van der Waals surface area contributed by atoms with E-state index < -0.39 is 0 Å². The van der Waals surface area contributed by atoms with Crippen molar-refractivity contribution in [2.45, 2.75) is 46.2 Å². The van der Waals surface area contributed by atoms with Crippen molar-refractivity contribution >= 4 is 5.96 Å². The molecule has 0 saturated carbocycles. The van der Waals surface area contributed by atoms with Crippen LogP contribution in [0.15, 0.2) is 23.2 Å². The Labute approximate surface area is 151 Å². The zero-order chi connectivity index (χ0) is 18.1. The van der Waals surface area contributed by atoms with E-state index in [1.807, 2.05) is 18.2 Å². The standard InChI is InChI=1S/C19H32N4O2/c1-5-20-19(21-10-6-7-11-23(4)15(2)3)22-13-16-8-9-17-18(12-16)25-14-24-17/h8-9,12,15H,5-7,10-11,13-14H2,1-4H3,(H2,20,21,22). The summed E-state index contributed by atoms with van der Waals surface area (Å²) in [6.07, 6.45) is 2.31. The molecule has 0 aliphatic carbocycles. The van der Waals surface area contributed by atoms with E-state index in [-0.39, 0.29) is 0 Å². The summed E-state index contributed by atoms with van der Waals surface area (Å²) in [5.74, 6) is 2.47. The number of nitrogens with zero attached hydrogens (tertiary/aromatic N) is 2. The van der Waals surface area contributed by atoms with Gasteiger partial charge in [-0.3, -0.25) is 0 Å². The molecule has 0 bridgehead atoms. The largest absolute Gasteiger partial charge is 0.454 e. The van der Waals surface area contributed by atoms with E-state index in [9.17, 15) is 0 Å². The fraction of sp³-hybridized carbons (Fsp3) is 0.632. The van der Waals surface area contributed by atoms with Crippen molar-refractivity contribution in [1.82, 2.24) is 15.5 Å². The van der Waals surface area contributed by atoms with Gasteiger partial charge >= 0.3 is 0 Å². The van der Waals surface area contributed by atoms with E-state index in [0.717, 1.165) is 49.1 Å². The van der Waals surface area contributed by atoms with Crippen LogP contribution in [0, 0.1) is 0 Å². The van der Waals surface area contributed by atoms with E-state index in [0.29, 0.717) is 19.4 Å². The lowest BCUT2D eigenvalue weighted by Gasteiger charge is -2.20. The van der Waals surface area contributed by atoms with Crippen molar-refractivity contribution < 1.29 is 9.47 Å². The first-order valence-electron chi connectivity index (χ1n) is 9.21. The molecule has 1 heterocycles. The van der Waals surface area contributed by atoms with Crippen LogP contribution >= 0.6 is 0 Å².